The number of imidazole rings is 1. The average Bonchev–Trinajstić information content (AvgIpc) is 3.41. The number of ether oxygens (including phenoxy) is 1. The number of alkyl carbamates (subject to hydrolysis) is 1. The first-order chi connectivity index (χ1) is 16.2. The molecule has 0 radical (unpaired) electrons. The zero-order chi connectivity index (χ0) is 24.7. The number of carboxylic acids is 1. The molecule has 13 heteroatoms. The van der Waals surface area contributed by atoms with E-state index in [4.69, 9.17) is 16.2 Å². The molecule has 0 spiro atoms. The molecule has 2 aromatic rings. The van der Waals surface area contributed by atoms with Gasteiger partial charge in [-0.1, -0.05) is 0 Å². The first-order valence-corrected chi connectivity index (χ1v) is 11.3. The number of hydrogen-bond donors (Lipinski definition) is 4. The van der Waals surface area contributed by atoms with Gasteiger partial charge >= 0.3 is 12.1 Å². The van der Waals surface area contributed by atoms with Crippen LogP contribution in [-0.4, -0.2) is 75.9 Å². The molecule has 2 aromatic heterocycles. The van der Waals surface area contributed by atoms with E-state index in [-0.39, 0.29) is 24.9 Å². The topological polar surface area (TPSA) is 187 Å². The Bertz CT molecular complexity index is 1020. The van der Waals surface area contributed by atoms with Crippen LogP contribution in [0.15, 0.2) is 17.6 Å². The Labute approximate surface area is 197 Å². The maximum atomic E-state index is 12.1. The van der Waals surface area contributed by atoms with Gasteiger partial charge < -0.3 is 36.1 Å². The number of anilines is 1. The van der Waals surface area contributed by atoms with Gasteiger partial charge in [0, 0.05) is 27.2 Å². The molecule has 1 fully saturated rings. The third kappa shape index (κ3) is 6.68. The van der Waals surface area contributed by atoms with Gasteiger partial charge in [-0.25, -0.2) is 24.5 Å². The highest BCUT2D eigenvalue weighted by molar-refractivity contribution is 5.83. The fourth-order valence-electron chi connectivity index (χ4n) is 4.24. The van der Waals surface area contributed by atoms with Gasteiger partial charge in [-0.05, 0) is 43.9 Å². The smallest absolute Gasteiger partial charge is 0.407 e. The molecule has 0 aliphatic heterocycles. The van der Waals surface area contributed by atoms with Gasteiger partial charge in [0.05, 0.1) is 12.9 Å². The maximum Gasteiger partial charge on any atom is 0.407 e. The van der Waals surface area contributed by atoms with Crippen molar-refractivity contribution in [1.82, 2.24) is 24.8 Å². The Kier molecular flexibility index (Phi) is 8.44. The van der Waals surface area contributed by atoms with E-state index in [1.54, 1.807) is 12.7 Å². The van der Waals surface area contributed by atoms with Crippen LogP contribution in [-0.2, 0) is 16.1 Å². The number of nitrogens with zero attached hydrogens (tertiary/aromatic N) is 6. The summed E-state index contributed by atoms with van der Waals surface area (Å²) in [5.41, 5.74) is 12.1. The predicted molar refractivity (Wildman–Crippen MR) is 126 cm³/mol. The number of aromatic nitrogens is 4. The normalized spacial score (nSPS) is 18.4. The molecule has 2 heterocycles. The highest BCUT2D eigenvalue weighted by Gasteiger charge is 2.28. The summed E-state index contributed by atoms with van der Waals surface area (Å²) in [5.74, 6) is 0.235. The van der Waals surface area contributed by atoms with Crippen LogP contribution in [0.4, 0.5) is 10.6 Å². The lowest BCUT2D eigenvalue weighted by Gasteiger charge is -2.16. The van der Waals surface area contributed by atoms with Gasteiger partial charge in [0.1, 0.15) is 12.4 Å². The van der Waals surface area contributed by atoms with E-state index in [2.05, 4.69) is 25.3 Å². The molecule has 1 amide bonds. The molecule has 3 atom stereocenters. The van der Waals surface area contributed by atoms with Crippen molar-refractivity contribution >= 4 is 35.0 Å². The Morgan fingerprint density at radius 2 is 2.06 bits per heavy atom. The number of aliphatic carboxylic acids is 1. The fraction of sp³-hybridized carbons (Fsp3) is 0.619. The standard InChI is InChI=1S/C21H33N9O4/c1-29(2)17-16-18(26-11-25-17)30(12-27-16)9-13-5-6-14(8-13)10-34-21(33)28-15(19(31)32)4-3-7-24-20(22)23/h11-15H,3-10H2,1-2H3,(H,28,33)(H,31,32)(H4,22,23,24)/t13-,14+,15-/m0/s1. The van der Waals surface area contributed by atoms with Crippen molar-refractivity contribution in [2.24, 2.45) is 28.3 Å². The van der Waals surface area contributed by atoms with Gasteiger partial charge in [0.25, 0.3) is 0 Å². The van der Waals surface area contributed by atoms with Crippen LogP contribution in [0.25, 0.3) is 11.2 Å². The van der Waals surface area contributed by atoms with Gasteiger partial charge in [-0.3, -0.25) is 4.99 Å². The monoisotopic (exact) mass is 475 g/mol. The number of amides is 1. The molecule has 1 saturated carbocycles. The van der Waals surface area contributed by atoms with Gasteiger partial charge in [0.2, 0.25) is 0 Å². The Hall–Kier alpha value is -3.64. The van der Waals surface area contributed by atoms with Crippen molar-refractivity contribution in [3.63, 3.8) is 0 Å². The summed E-state index contributed by atoms with van der Waals surface area (Å²) in [6, 6.07) is -1.05. The molecular formula is C21H33N9O4. The lowest BCUT2D eigenvalue weighted by molar-refractivity contribution is -0.139. The van der Waals surface area contributed by atoms with Gasteiger partial charge in [-0.2, -0.15) is 0 Å². The lowest BCUT2D eigenvalue weighted by atomic mass is 10.1. The average molecular weight is 476 g/mol. The molecule has 34 heavy (non-hydrogen) atoms. The van der Waals surface area contributed by atoms with Crippen molar-refractivity contribution in [2.45, 2.75) is 44.7 Å². The van der Waals surface area contributed by atoms with Crippen molar-refractivity contribution < 1.29 is 19.4 Å². The summed E-state index contributed by atoms with van der Waals surface area (Å²) in [5, 5.41) is 11.7. The number of guanidine groups is 1. The third-order valence-electron chi connectivity index (χ3n) is 5.90. The molecule has 1 aliphatic carbocycles. The summed E-state index contributed by atoms with van der Waals surface area (Å²) in [6.07, 6.45) is 6.07. The molecule has 6 N–H and O–H groups in total. The molecule has 186 valence electrons. The Morgan fingerprint density at radius 3 is 2.76 bits per heavy atom. The SMILES string of the molecule is CN(C)c1ncnc2c1ncn2C[C@H]1CC[C@@H](COC(=O)N[C@@H](CCCN=C(N)N)C(=O)O)C1. The van der Waals surface area contributed by atoms with E-state index in [1.165, 1.54) is 0 Å². The van der Waals surface area contributed by atoms with E-state index in [9.17, 15) is 14.7 Å². The minimum Gasteiger partial charge on any atom is -0.480 e. The highest BCUT2D eigenvalue weighted by atomic mass is 16.5. The van der Waals surface area contributed by atoms with Gasteiger partial charge in [-0.15, -0.1) is 0 Å². The van der Waals surface area contributed by atoms with Crippen LogP contribution >= 0.6 is 0 Å². The molecule has 0 unspecified atom stereocenters. The second-order valence-electron chi connectivity index (χ2n) is 8.79. The zero-order valence-electron chi connectivity index (χ0n) is 19.6. The number of hydrogen-bond acceptors (Lipinski definition) is 8. The summed E-state index contributed by atoms with van der Waals surface area (Å²) in [6.45, 7) is 1.32. The molecule has 1 aliphatic rings. The molecule has 0 bridgehead atoms. The predicted octanol–water partition coefficient (Wildman–Crippen LogP) is 0.542. The highest BCUT2D eigenvalue weighted by Crippen LogP contribution is 2.33. The molecular weight excluding hydrogens is 442 g/mol. The summed E-state index contributed by atoms with van der Waals surface area (Å²) in [7, 11) is 3.84. The number of rotatable bonds is 11. The number of nitrogens with one attached hydrogen (secondary N) is 1. The second-order valence-corrected chi connectivity index (χ2v) is 8.79. The summed E-state index contributed by atoms with van der Waals surface area (Å²) < 4.78 is 7.37. The minimum atomic E-state index is -1.13. The second kappa shape index (κ2) is 11.5. The molecule has 0 saturated heterocycles. The summed E-state index contributed by atoms with van der Waals surface area (Å²) in [4.78, 5) is 42.4. The first kappa shape index (κ1) is 25.0. The zero-order valence-corrected chi connectivity index (χ0v) is 19.6. The van der Waals surface area contributed by atoms with Crippen LogP contribution < -0.4 is 21.7 Å². The maximum absolute atomic E-state index is 12.1. The number of carbonyl (C=O) groups excluding carboxylic acids is 1. The van der Waals surface area contributed by atoms with Crippen molar-refractivity contribution in [3.05, 3.63) is 12.7 Å². The van der Waals surface area contributed by atoms with E-state index in [0.717, 1.165) is 42.8 Å². The number of nitrogens with two attached hydrogens (primary N) is 2. The Morgan fingerprint density at radius 1 is 1.29 bits per heavy atom. The van der Waals surface area contributed by atoms with Gasteiger partial charge in [0.15, 0.2) is 22.9 Å². The van der Waals surface area contributed by atoms with Crippen LogP contribution in [0.3, 0.4) is 0 Å². The molecule has 13 nitrogen and oxygen atoms in total. The van der Waals surface area contributed by atoms with Crippen molar-refractivity contribution in [2.75, 3.05) is 32.1 Å². The van der Waals surface area contributed by atoms with Crippen LogP contribution in [0.5, 0.6) is 0 Å². The molecule has 0 aromatic carbocycles. The van der Waals surface area contributed by atoms with Crippen LogP contribution in [0.2, 0.25) is 0 Å². The van der Waals surface area contributed by atoms with E-state index in [1.807, 2.05) is 23.6 Å². The molecule has 3 rings (SSSR count). The van der Waals surface area contributed by atoms with E-state index >= 15 is 0 Å². The lowest BCUT2D eigenvalue weighted by Crippen LogP contribution is -2.41. The van der Waals surface area contributed by atoms with E-state index in [0.29, 0.717) is 18.9 Å². The number of carbonyl (C=O) groups is 2. The minimum absolute atomic E-state index is 0.0538. The summed E-state index contributed by atoms with van der Waals surface area (Å²) >= 11 is 0. The number of carboxylic acid groups (broad SMARTS) is 1. The first-order valence-electron chi connectivity index (χ1n) is 11.3. The number of fused-ring (bicyclic) bond motifs is 1. The fourth-order valence-corrected chi connectivity index (χ4v) is 4.24. The number of aliphatic imine (C=N–C) groups is 1. The van der Waals surface area contributed by atoms with Crippen molar-refractivity contribution in [3.8, 4) is 0 Å². The largest absolute Gasteiger partial charge is 0.480 e. The van der Waals surface area contributed by atoms with Crippen LogP contribution in [0.1, 0.15) is 32.1 Å². The van der Waals surface area contributed by atoms with E-state index < -0.39 is 18.1 Å². The quantitative estimate of drug-likeness (QED) is 0.203. The third-order valence-corrected chi connectivity index (χ3v) is 5.90. The Balaban J connectivity index is 1.45. The van der Waals surface area contributed by atoms with Crippen molar-refractivity contribution in [1.29, 1.82) is 0 Å². The van der Waals surface area contributed by atoms with Crippen LogP contribution in [0, 0.1) is 11.8 Å².